The van der Waals surface area contributed by atoms with Gasteiger partial charge in [-0.25, -0.2) is 0 Å². The molecule has 1 amide bonds. The Hall–Kier alpha value is -4.39. The highest BCUT2D eigenvalue weighted by Gasteiger charge is 2.51. The molecule has 0 spiro atoms. The Labute approximate surface area is 537 Å². The summed E-state index contributed by atoms with van der Waals surface area (Å²) in [6, 6.07) is -0.959. The maximum absolute atomic E-state index is 13.3. The lowest BCUT2D eigenvalue weighted by atomic mass is 9.97. The summed E-state index contributed by atoms with van der Waals surface area (Å²) < 4.78 is 22.8. The minimum Gasteiger partial charge on any atom is -0.394 e. The van der Waals surface area contributed by atoms with Crippen LogP contribution in [0.1, 0.15) is 213 Å². The Morgan fingerprint density at radius 1 is 0.416 bits per heavy atom. The zero-order valence-corrected chi connectivity index (χ0v) is 54.6. The molecule has 12 unspecified atom stereocenters. The van der Waals surface area contributed by atoms with Gasteiger partial charge in [-0.05, 0) is 122 Å². The molecule has 0 radical (unpaired) electrons. The number of hydrogen-bond donors (Lipinski definition) is 9. The fraction of sp³-hybridized carbons (Fsp3) is 0.640. The molecule has 2 saturated heterocycles. The SMILES string of the molecule is CC/C=C\C/C=C\C/C=C\C/C=C\C/C=C\C/C=C\C/C=C\C/C=C\C/C=C\C/C=C\CCCCCCCCC(=O)NC(COC1OC(CO)C(OC2OC(CO)C(O)C(O)C2O)C(O)C1O)C(O)/C=C/CC/C=C/CC/C=C/CCCCCCCCCC. The number of rotatable bonds is 53. The van der Waals surface area contributed by atoms with Gasteiger partial charge in [-0.15, -0.1) is 0 Å². The van der Waals surface area contributed by atoms with Crippen molar-refractivity contribution in [2.24, 2.45) is 0 Å². The number of carbonyl (C=O) groups is 1. The van der Waals surface area contributed by atoms with E-state index in [9.17, 15) is 45.6 Å². The molecular formula is C75H121NO13. The van der Waals surface area contributed by atoms with Crippen molar-refractivity contribution >= 4 is 5.91 Å². The van der Waals surface area contributed by atoms with E-state index < -0.39 is 86.8 Å². The fourth-order valence-electron chi connectivity index (χ4n) is 10.00. The number of hydrogen-bond acceptors (Lipinski definition) is 13. The van der Waals surface area contributed by atoms with Gasteiger partial charge < -0.3 is 65.1 Å². The first-order chi connectivity index (χ1) is 43.6. The van der Waals surface area contributed by atoms with E-state index in [1.807, 2.05) is 6.08 Å². The van der Waals surface area contributed by atoms with E-state index in [-0.39, 0.29) is 18.9 Å². The number of aliphatic hydroxyl groups is 8. The van der Waals surface area contributed by atoms with Crippen LogP contribution in [0.15, 0.2) is 158 Å². The summed E-state index contributed by atoms with van der Waals surface area (Å²) in [5.41, 5.74) is 0. The van der Waals surface area contributed by atoms with Crippen molar-refractivity contribution in [3.63, 3.8) is 0 Å². The van der Waals surface area contributed by atoms with E-state index in [0.717, 1.165) is 128 Å². The summed E-state index contributed by atoms with van der Waals surface area (Å²) in [5, 5.41) is 87.3. The first-order valence-electron chi connectivity index (χ1n) is 34.2. The van der Waals surface area contributed by atoms with Crippen molar-refractivity contribution in [1.82, 2.24) is 5.32 Å². The molecule has 2 aliphatic heterocycles. The summed E-state index contributed by atoms with van der Waals surface area (Å²) in [7, 11) is 0. The lowest BCUT2D eigenvalue weighted by Crippen LogP contribution is -2.65. The highest BCUT2D eigenvalue weighted by Crippen LogP contribution is 2.30. The molecule has 14 heteroatoms. The lowest BCUT2D eigenvalue weighted by Gasteiger charge is -2.46. The minimum atomic E-state index is -1.80. The van der Waals surface area contributed by atoms with Crippen LogP contribution < -0.4 is 5.32 Å². The number of amides is 1. The topological polar surface area (TPSA) is 228 Å². The molecule has 9 N–H and O–H groups in total. The third kappa shape index (κ3) is 41.7. The molecule has 2 rings (SSSR count). The quantitative estimate of drug-likeness (QED) is 0.0204. The third-order valence-electron chi connectivity index (χ3n) is 15.4. The Morgan fingerprint density at radius 3 is 1.24 bits per heavy atom. The maximum Gasteiger partial charge on any atom is 0.220 e. The zero-order valence-electron chi connectivity index (χ0n) is 54.6. The monoisotopic (exact) mass is 1240 g/mol. The summed E-state index contributed by atoms with van der Waals surface area (Å²) in [6.07, 6.45) is 71.4. The van der Waals surface area contributed by atoms with Crippen molar-refractivity contribution in [2.75, 3.05) is 19.8 Å². The standard InChI is InChI=1S/C75H121NO13/c1-3-5-7-9-11-13-15-17-19-21-23-24-25-26-27-28-29-30-31-32-33-34-35-36-37-38-39-40-41-43-45-47-49-51-53-55-57-59-67(80)76-63(64(79)58-56-54-52-50-48-46-44-42-22-20-18-16-14-12-10-8-6-4-2)62-86-74-72(85)70(83)73(66(61-78)88-74)89-75-71(84)69(82)68(81)65(60-77)87-75/h5,7,11,13,17,19,22-24,26-27,29-30,32-33,35-36,38-39,41-43,48,50,56,58,63-66,68-75,77-79,81-85H,3-4,6,8-10,12,14-16,18,20-21,25,28,31,34,37,40,44-47,49,51-55,57,59-62H2,1-2H3,(H,76,80)/b7-5-,13-11-,19-17-,24-23-,27-26-,30-29-,33-32-,36-35-,39-38-,42-22+,43-41-,50-48+,58-56+. The second-order valence-electron chi connectivity index (χ2n) is 23.2. The van der Waals surface area contributed by atoms with Gasteiger partial charge in [0.25, 0.3) is 0 Å². The van der Waals surface area contributed by atoms with Crippen LogP contribution in [0.25, 0.3) is 0 Å². The second kappa shape index (κ2) is 57.5. The van der Waals surface area contributed by atoms with Gasteiger partial charge in [0.15, 0.2) is 12.6 Å². The van der Waals surface area contributed by atoms with Crippen molar-refractivity contribution in [1.29, 1.82) is 0 Å². The summed E-state index contributed by atoms with van der Waals surface area (Å²) in [6.45, 7) is 2.63. The van der Waals surface area contributed by atoms with Crippen LogP contribution in [0.5, 0.6) is 0 Å². The van der Waals surface area contributed by atoms with E-state index in [0.29, 0.717) is 12.8 Å². The maximum atomic E-state index is 13.3. The molecule has 2 fully saturated rings. The molecule has 0 aromatic rings. The number of unbranched alkanes of at least 4 members (excludes halogenated alkanes) is 16. The minimum absolute atomic E-state index is 0.242. The van der Waals surface area contributed by atoms with E-state index in [1.54, 1.807) is 6.08 Å². The number of carbonyl (C=O) groups excluding carboxylic acids is 1. The molecule has 89 heavy (non-hydrogen) atoms. The van der Waals surface area contributed by atoms with Crippen molar-refractivity contribution in [3.05, 3.63) is 158 Å². The van der Waals surface area contributed by atoms with Gasteiger partial charge in [-0.2, -0.15) is 0 Å². The highest BCUT2D eigenvalue weighted by atomic mass is 16.7. The smallest absolute Gasteiger partial charge is 0.220 e. The molecule has 0 aromatic carbocycles. The number of nitrogens with one attached hydrogen (secondary N) is 1. The van der Waals surface area contributed by atoms with Crippen LogP contribution in [0.4, 0.5) is 0 Å². The molecular weight excluding hydrogens is 1120 g/mol. The fourth-order valence-corrected chi connectivity index (χ4v) is 10.00. The Kier molecular flexibility index (Phi) is 52.1. The van der Waals surface area contributed by atoms with E-state index in [2.05, 4.69) is 165 Å². The normalized spacial score (nSPS) is 24.1. The summed E-state index contributed by atoms with van der Waals surface area (Å²) in [5.74, 6) is -0.275. The second-order valence-corrected chi connectivity index (χ2v) is 23.2. The van der Waals surface area contributed by atoms with Crippen molar-refractivity contribution < 1.29 is 64.6 Å². The average Bonchev–Trinajstić information content (AvgIpc) is 1.44. The summed E-state index contributed by atoms with van der Waals surface area (Å²) in [4.78, 5) is 13.3. The van der Waals surface area contributed by atoms with Crippen LogP contribution >= 0.6 is 0 Å². The van der Waals surface area contributed by atoms with Crippen LogP contribution in [0.2, 0.25) is 0 Å². The average molecular weight is 1240 g/mol. The van der Waals surface area contributed by atoms with Crippen LogP contribution in [-0.4, -0.2) is 140 Å². The van der Waals surface area contributed by atoms with Gasteiger partial charge in [0.2, 0.25) is 5.91 Å². The van der Waals surface area contributed by atoms with Crippen LogP contribution in [-0.2, 0) is 23.7 Å². The van der Waals surface area contributed by atoms with E-state index >= 15 is 0 Å². The van der Waals surface area contributed by atoms with Crippen LogP contribution in [0.3, 0.4) is 0 Å². The molecule has 12 atom stereocenters. The largest absolute Gasteiger partial charge is 0.394 e. The van der Waals surface area contributed by atoms with Crippen LogP contribution in [0, 0.1) is 0 Å². The molecule has 0 saturated carbocycles. The molecule has 2 heterocycles. The Bertz CT molecular complexity index is 2100. The van der Waals surface area contributed by atoms with Gasteiger partial charge in [0.1, 0.15) is 48.8 Å². The number of ether oxygens (including phenoxy) is 4. The molecule has 14 nitrogen and oxygen atoms in total. The van der Waals surface area contributed by atoms with Gasteiger partial charge >= 0.3 is 0 Å². The Morgan fingerprint density at radius 2 is 0.787 bits per heavy atom. The molecule has 504 valence electrons. The third-order valence-corrected chi connectivity index (χ3v) is 15.4. The predicted octanol–water partition coefficient (Wildman–Crippen LogP) is 13.8. The van der Waals surface area contributed by atoms with Gasteiger partial charge in [-0.1, -0.05) is 242 Å². The van der Waals surface area contributed by atoms with Gasteiger partial charge in [0.05, 0.1) is 32.0 Å². The molecule has 2 aliphatic rings. The van der Waals surface area contributed by atoms with E-state index in [4.69, 9.17) is 18.9 Å². The van der Waals surface area contributed by atoms with Gasteiger partial charge in [-0.3, -0.25) is 4.79 Å². The first kappa shape index (κ1) is 80.7. The molecule has 0 bridgehead atoms. The van der Waals surface area contributed by atoms with E-state index in [1.165, 1.54) is 51.4 Å². The summed E-state index contributed by atoms with van der Waals surface area (Å²) >= 11 is 0. The molecule has 0 aromatic heterocycles. The lowest BCUT2D eigenvalue weighted by molar-refractivity contribution is -0.359. The predicted molar refractivity (Wildman–Crippen MR) is 364 cm³/mol. The first-order valence-corrected chi connectivity index (χ1v) is 34.2. The van der Waals surface area contributed by atoms with Crippen molar-refractivity contribution in [2.45, 2.75) is 286 Å². The number of allylic oxidation sites excluding steroid dienone is 25. The van der Waals surface area contributed by atoms with Crippen molar-refractivity contribution in [3.8, 4) is 0 Å². The molecule has 0 aliphatic carbocycles. The van der Waals surface area contributed by atoms with Gasteiger partial charge in [0, 0.05) is 6.42 Å². The zero-order chi connectivity index (χ0) is 64.5. The number of aliphatic hydroxyl groups excluding tert-OH is 8. The Balaban J connectivity index is 1.70. The highest BCUT2D eigenvalue weighted by molar-refractivity contribution is 5.76.